The van der Waals surface area contributed by atoms with Crippen LogP contribution >= 0.6 is 0 Å². The molecule has 11 atom stereocenters. The van der Waals surface area contributed by atoms with Crippen LogP contribution in [0.2, 0.25) is 58.9 Å². The second-order valence-corrected chi connectivity index (χ2v) is 30.7. The van der Waals surface area contributed by atoms with E-state index in [1.807, 2.05) is 39.3 Å². The number of fused-ring (bicyclic) bond motifs is 1. The molecule has 4 heterocycles. The molecule has 0 aromatic heterocycles. The largest absolute Gasteiger partial charge is 0.459 e. The van der Waals surface area contributed by atoms with Crippen LogP contribution in [0.5, 0.6) is 0 Å². The van der Waals surface area contributed by atoms with Gasteiger partial charge in [0, 0.05) is 12.3 Å². The van der Waals surface area contributed by atoms with E-state index in [-0.39, 0.29) is 12.3 Å². The van der Waals surface area contributed by atoms with Crippen molar-refractivity contribution in [3.8, 4) is 0 Å². The maximum atomic E-state index is 14.7. The van der Waals surface area contributed by atoms with Crippen LogP contribution in [-0.2, 0) is 46.6 Å². The second kappa shape index (κ2) is 8.38. The van der Waals surface area contributed by atoms with Crippen LogP contribution in [0.15, 0.2) is 0 Å². The highest BCUT2D eigenvalue weighted by Gasteiger charge is 3.03. The molecule has 6 rings (SSSR count). The predicted octanol–water partition coefficient (Wildman–Crippen LogP) is 4.21. The van der Waals surface area contributed by atoms with Crippen LogP contribution in [0, 0.1) is 28.1 Å². The Morgan fingerprint density at radius 1 is 0.810 bits per heavy atom. The van der Waals surface area contributed by atoms with Gasteiger partial charge in [-0.25, -0.2) is 9.59 Å². The molecule has 0 N–H and O–H groups in total. The van der Waals surface area contributed by atoms with Gasteiger partial charge in [0.1, 0.15) is 17.8 Å². The van der Waals surface area contributed by atoms with Crippen molar-refractivity contribution in [1.82, 2.24) is 0 Å². The van der Waals surface area contributed by atoms with Crippen molar-refractivity contribution >= 4 is 42.9 Å². The van der Waals surface area contributed by atoms with E-state index in [2.05, 4.69) is 40.4 Å². The van der Waals surface area contributed by atoms with Gasteiger partial charge in [-0.3, -0.25) is 4.79 Å². The number of carbonyl (C=O) groups excluding carboxylic acids is 3. The highest BCUT2D eigenvalue weighted by molar-refractivity contribution is 6.70. The molecule has 6 fully saturated rings. The lowest BCUT2D eigenvalue weighted by Crippen LogP contribution is -2.69. The summed E-state index contributed by atoms with van der Waals surface area (Å²) in [5, 5.41) is 0. The van der Waals surface area contributed by atoms with Gasteiger partial charge < -0.3 is 32.2 Å². The van der Waals surface area contributed by atoms with E-state index in [0.29, 0.717) is 0 Å². The molecule has 42 heavy (non-hydrogen) atoms. The van der Waals surface area contributed by atoms with Crippen molar-refractivity contribution in [2.24, 2.45) is 28.1 Å². The summed E-state index contributed by atoms with van der Waals surface area (Å²) in [5.74, 6) is -2.68. The first-order chi connectivity index (χ1) is 18.9. The summed E-state index contributed by atoms with van der Waals surface area (Å²) < 4.78 is 46.7. The Morgan fingerprint density at radius 2 is 1.40 bits per heavy atom. The zero-order valence-electron chi connectivity index (χ0n) is 27.3. The molecule has 0 aromatic carbocycles. The monoisotopic (exact) mass is 640 g/mol. The van der Waals surface area contributed by atoms with E-state index in [0.717, 1.165) is 0 Å². The van der Waals surface area contributed by atoms with Crippen LogP contribution in [-0.4, -0.2) is 84.8 Å². The average Bonchev–Trinajstić information content (AvgIpc) is 3.46. The molecule has 0 bridgehead atoms. The molecule has 236 valence electrons. The summed E-state index contributed by atoms with van der Waals surface area (Å²) in [5.41, 5.74) is -5.98. The van der Waals surface area contributed by atoms with Gasteiger partial charge in [0.2, 0.25) is 11.9 Å². The third-order valence-corrected chi connectivity index (χ3v) is 13.1. The summed E-state index contributed by atoms with van der Waals surface area (Å²) >= 11 is 0. The molecule has 4 aliphatic heterocycles. The molecule has 0 radical (unpaired) electrons. The molecule has 0 aromatic rings. The minimum atomic E-state index is -2.46. The SMILES string of the molecule is CC1C(=O)OC2CC34C5OC(=O)C3(OC3OC(=O)C(O[Si](C)(C)C)C34C(C(C)(C)C)C5O[Si](C)(C)C)C21O[Si](C)(C)C. The minimum absolute atomic E-state index is 0.223. The average molecular weight is 641 g/mol. The smallest absolute Gasteiger partial charge is 0.342 e. The summed E-state index contributed by atoms with van der Waals surface area (Å²) in [6.45, 7) is 26.7. The van der Waals surface area contributed by atoms with E-state index in [1.54, 1.807) is 6.92 Å². The van der Waals surface area contributed by atoms with Gasteiger partial charge >= 0.3 is 17.9 Å². The van der Waals surface area contributed by atoms with Crippen LogP contribution in [0.4, 0.5) is 0 Å². The summed E-state index contributed by atoms with van der Waals surface area (Å²) in [6.07, 6.45) is -3.99. The Labute approximate surface area is 252 Å². The maximum Gasteiger partial charge on any atom is 0.342 e. The van der Waals surface area contributed by atoms with E-state index in [4.69, 9.17) is 32.2 Å². The zero-order valence-corrected chi connectivity index (χ0v) is 30.3. The van der Waals surface area contributed by atoms with E-state index in [9.17, 15) is 14.4 Å². The molecule has 2 spiro atoms. The molecule has 2 saturated carbocycles. The van der Waals surface area contributed by atoms with Crippen LogP contribution in [0.25, 0.3) is 0 Å². The summed E-state index contributed by atoms with van der Waals surface area (Å²) in [6, 6.07) is 0. The van der Waals surface area contributed by atoms with Gasteiger partial charge in [0.05, 0.1) is 22.9 Å². The van der Waals surface area contributed by atoms with Crippen LogP contribution in [0.1, 0.15) is 34.1 Å². The first-order valence-electron chi connectivity index (χ1n) is 15.3. The van der Waals surface area contributed by atoms with Crippen molar-refractivity contribution < 1.29 is 46.6 Å². The predicted molar refractivity (Wildman–Crippen MR) is 159 cm³/mol. The highest BCUT2D eigenvalue weighted by atomic mass is 28.4. The Bertz CT molecular complexity index is 1250. The van der Waals surface area contributed by atoms with Gasteiger partial charge in [0.25, 0.3) is 0 Å². The van der Waals surface area contributed by atoms with E-state index < -0.39 is 107 Å². The van der Waals surface area contributed by atoms with Crippen molar-refractivity contribution in [1.29, 1.82) is 0 Å². The van der Waals surface area contributed by atoms with Gasteiger partial charge in [-0.2, -0.15) is 0 Å². The molecule has 2 aliphatic carbocycles. The standard InChI is InChI=1S/C29H48O10Si3/c1-15-21(30)33-16-14-26-19-17(37-40(5,6)7)18(25(2,3)4)27(26)20(38-41(8,9)10)22(31)35-24(27)36-29(26,23(32)34-19)28(15,16)39-42(11,12)13/h15-20,24H,14H2,1-13H3. The highest BCUT2D eigenvalue weighted by Crippen LogP contribution is 2.86. The fourth-order valence-corrected chi connectivity index (χ4v) is 13.4. The Morgan fingerprint density at radius 3 is 1.93 bits per heavy atom. The first kappa shape index (κ1) is 30.9. The molecular weight excluding hydrogens is 593 g/mol. The quantitative estimate of drug-likeness (QED) is 0.238. The van der Waals surface area contributed by atoms with Gasteiger partial charge in [-0.15, -0.1) is 0 Å². The fraction of sp³-hybridized carbons (Fsp3) is 0.897. The molecule has 13 heteroatoms. The zero-order chi connectivity index (χ0) is 31.4. The van der Waals surface area contributed by atoms with Crippen LogP contribution < -0.4 is 0 Å². The van der Waals surface area contributed by atoms with Gasteiger partial charge in [0.15, 0.2) is 31.1 Å². The normalized spacial score (nSPS) is 47.6. The Balaban J connectivity index is 1.72. The lowest BCUT2D eigenvalue weighted by atomic mass is 9.51. The van der Waals surface area contributed by atoms with Gasteiger partial charge in [-0.05, 0) is 71.3 Å². The summed E-state index contributed by atoms with van der Waals surface area (Å²) in [7, 11) is -7.08. The number of carbonyl (C=O) groups is 3. The van der Waals surface area contributed by atoms with Crippen molar-refractivity contribution in [3.05, 3.63) is 0 Å². The minimum Gasteiger partial charge on any atom is -0.459 e. The van der Waals surface area contributed by atoms with E-state index >= 15 is 0 Å². The van der Waals surface area contributed by atoms with Crippen LogP contribution in [0.3, 0.4) is 0 Å². The third-order valence-electron chi connectivity index (χ3n) is 10.3. The number of rotatable bonds is 6. The molecule has 11 unspecified atom stereocenters. The van der Waals surface area contributed by atoms with Crippen molar-refractivity contribution in [2.45, 2.75) is 135 Å². The number of hydrogen-bond acceptors (Lipinski definition) is 10. The fourth-order valence-electron chi connectivity index (χ4n) is 9.89. The van der Waals surface area contributed by atoms with Crippen molar-refractivity contribution in [3.63, 3.8) is 0 Å². The number of ether oxygens (including phenoxy) is 4. The first-order valence-corrected chi connectivity index (χ1v) is 25.5. The van der Waals surface area contributed by atoms with E-state index in [1.165, 1.54) is 0 Å². The second-order valence-electron chi connectivity index (χ2n) is 17.3. The molecule has 10 nitrogen and oxygen atoms in total. The maximum absolute atomic E-state index is 14.7. The molecule has 4 saturated heterocycles. The summed E-state index contributed by atoms with van der Waals surface area (Å²) in [4.78, 5) is 42.0. The van der Waals surface area contributed by atoms with Crippen molar-refractivity contribution in [2.75, 3.05) is 0 Å². The topological polar surface area (TPSA) is 116 Å². The number of hydrogen-bond donors (Lipinski definition) is 0. The lowest BCUT2D eigenvalue weighted by molar-refractivity contribution is -0.234. The van der Waals surface area contributed by atoms with Gasteiger partial charge in [-0.1, -0.05) is 20.8 Å². The Hall–Kier alpha value is -1.10. The lowest BCUT2D eigenvalue weighted by Gasteiger charge is -2.49. The Kier molecular flexibility index (Phi) is 6.16. The molecule has 0 amide bonds. The molecular formula is C29H48O10Si3. The molecule has 6 aliphatic rings. The third kappa shape index (κ3) is 3.42. The number of esters is 3.